The van der Waals surface area contributed by atoms with Crippen molar-refractivity contribution in [2.24, 2.45) is 0 Å². The molecule has 0 spiro atoms. The molecule has 2 aromatic carbocycles. The van der Waals surface area contributed by atoms with Crippen molar-refractivity contribution < 1.29 is 17.9 Å². The highest BCUT2D eigenvalue weighted by Gasteiger charge is 2.16. The molecule has 2 aromatic heterocycles. The van der Waals surface area contributed by atoms with Crippen LogP contribution >= 0.6 is 11.3 Å². The molecule has 0 aliphatic rings. The van der Waals surface area contributed by atoms with Crippen LogP contribution in [0, 0.1) is 12.7 Å². The second-order valence-corrected chi connectivity index (χ2v) is 6.33. The molecule has 0 amide bonds. The lowest BCUT2D eigenvalue weighted by Crippen LogP contribution is -2.06. The van der Waals surface area contributed by atoms with Gasteiger partial charge in [0.15, 0.2) is 0 Å². The minimum atomic E-state index is -2.97. The lowest BCUT2D eigenvalue weighted by Gasteiger charge is -2.09. The molecule has 126 valence electrons. The van der Waals surface area contributed by atoms with E-state index in [4.69, 9.17) is 0 Å². The molecule has 0 aliphatic carbocycles. The highest BCUT2D eigenvalue weighted by Crippen LogP contribution is 2.34. The second-order valence-electron chi connectivity index (χ2n) is 5.30. The normalized spacial score (nSPS) is 11.6. The number of alkyl halides is 2. The molecule has 0 atom stereocenters. The van der Waals surface area contributed by atoms with Gasteiger partial charge < -0.3 is 4.74 Å². The third kappa shape index (κ3) is 2.89. The molecule has 2 heterocycles. The summed E-state index contributed by atoms with van der Waals surface area (Å²) in [5.41, 5.74) is 2.47. The minimum absolute atomic E-state index is 0.203. The lowest BCUT2D eigenvalue weighted by atomic mass is 10.2. The van der Waals surface area contributed by atoms with E-state index in [2.05, 4.69) is 19.7 Å². The summed E-state index contributed by atoms with van der Waals surface area (Å²) in [6, 6.07) is 9.63. The minimum Gasteiger partial charge on any atom is -0.415 e. The number of rotatable bonds is 3. The summed E-state index contributed by atoms with van der Waals surface area (Å²) in [5.74, 6) is -0.558. The monoisotopic (exact) mass is 361 g/mol. The van der Waals surface area contributed by atoms with Crippen molar-refractivity contribution in [3.8, 4) is 16.5 Å². The van der Waals surface area contributed by atoms with Crippen LogP contribution in [0.4, 0.5) is 13.2 Å². The molecule has 0 saturated heterocycles. The molecule has 0 N–H and O–H groups in total. The maximum Gasteiger partial charge on any atom is 0.388 e. The number of ether oxygens (including phenoxy) is 1. The fourth-order valence-corrected chi connectivity index (χ4v) is 3.50. The number of para-hydroxylation sites is 1. The third-order valence-corrected chi connectivity index (χ3v) is 4.68. The van der Waals surface area contributed by atoms with E-state index in [0.717, 1.165) is 4.70 Å². The SMILES string of the molecule is Cc1nc2c(-c3nc4cc(F)ccc4s3)cccc2nc1OC(F)F. The Morgan fingerprint density at radius 3 is 2.68 bits per heavy atom. The van der Waals surface area contributed by atoms with Crippen LogP contribution in [0.25, 0.3) is 31.8 Å². The van der Waals surface area contributed by atoms with Crippen molar-refractivity contribution in [2.45, 2.75) is 13.5 Å². The Morgan fingerprint density at radius 1 is 1.04 bits per heavy atom. The summed E-state index contributed by atoms with van der Waals surface area (Å²) in [5, 5.41) is 0.655. The van der Waals surface area contributed by atoms with E-state index in [1.807, 2.05) is 6.07 Å². The number of aromatic nitrogens is 3. The van der Waals surface area contributed by atoms with Crippen molar-refractivity contribution in [3.05, 3.63) is 47.9 Å². The Morgan fingerprint density at radius 2 is 1.88 bits per heavy atom. The summed E-state index contributed by atoms with van der Waals surface area (Å²) < 4.78 is 43.5. The van der Waals surface area contributed by atoms with Crippen LogP contribution in [0.2, 0.25) is 0 Å². The molecule has 4 rings (SSSR count). The largest absolute Gasteiger partial charge is 0.415 e. The van der Waals surface area contributed by atoms with Crippen LogP contribution < -0.4 is 4.74 Å². The summed E-state index contributed by atoms with van der Waals surface area (Å²) >= 11 is 1.40. The molecule has 0 unspecified atom stereocenters. The third-order valence-electron chi connectivity index (χ3n) is 3.61. The Labute approximate surface area is 143 Å². The Kier molecular flexibility index (Phi) is 3.76. The molecular weight excluding hydrogens is 351 g/mol. The van der Waals surface area contributed by atoms with Crippen molar-refractivity contribution in [1.82, 2.24) is 15.0 Å². The van der Waals surface area contributed by atoms with Crippen molar-refractivity contribution in [2.75, 3.05) is 0 Å². The summed E-state index contributed by atoms with van der Waals surface area (Å²) in [6.45, 7) is -1.41. The van der Waals surface area contributed by atoms with Crippen LogP contribution in [0.1, 0.15) is 5.69 Å². The van der Waals surface area contributed by atoms with Gasteiger partial charge in [0.1, 0.15) is 16.5 Å². The average molecular weight is 361 g/mol. The lowest BCUT2D eigenvalue weighted by molar-refractivity contribution is -0.0533. The van der Waals surface area contributed by atoms with Gasteiger partial charge in [-0.15, -0.1) is 11.3 Å². The van der Waals surface area contributed by atoms with Gasteiger partial charge >= 0.3 is 6.61 Å². The molecule has 0 bridgehead atoms. The second kappa shape index (κ2) is 5.96. The molecule has 0 fully saturated rings. The predicted octanol–water partition coefficient (Wildman–Crippen LogP) is 4.96. The van der Waals surface area contributed by atoms with Crippen molar-refractivity contribution >= 4 is 32.6 Å². The predicted molar refractivity (Wildman–Crippen MR) is 89.5 cm³/mol. The van der Waals surface area contributed by atoms with E-state index in [1.165, 1.54) is 23.5 Å². The number of halogens is 3. The highest BCUT2D eigenvalue weighted by molar-refractivity contribution is 7.21. The van der Waals surface area contributed by atoms with Gasteiger partial charge in [-0.1, -0.05) is 6.07 Å². The molecule has 0 saturated carbocycles. The number of fused-ring (bicyclic) bond motifs is 2. The number of hydrogen-bond acceptors (Lipinski definition) is 5. The number of thiazole rings is 1. The van der Waals surface area contributed by atoms with Gasteiger partial charge in [-0.25, -0.2) is 19.3 Å². The zero-order valence-electron chi connectivity index (χ0n) is 12.8. The summed E-state index contributed by atoms with van der Waals surface area (Å²) in [7, 11) is 0. The van der Waals surface area contributed by atoms with Gasteiger partial charge in [-0.3, -0.25) is 0 Å². The molecule has 4 aromatic rings. The van der Waals surface area contributed by atoms with Gasteiger partial charge in [0.25, 0.3) is 0 Å². The number of nitrogens with zero attached hydrogens (tertiary/aromatic N) is 3. The van der Waals surface area contributed by atoms with Gasteiger partial charge in [-0.05, 0) is 31.2 Å². The van der Waals surface area contributed by atoms with E-state index in [9.17, 15) is 13.2 Å². The average Bonchev–Trinajstić information content (AvgIpc) is 2.97. The zero-order chi connectivity index (χ0) is 17.6. The Balaban J connectivity index is 1.90. The first kappa shape index (κ1) is 15.8. The maximum atomic E-state index is 13.4. The number of benzene rings is 2. The maximum absolute atomic E-state index is 13.4. The number of hydrogen-bond donors (Lipinski definition) is 0. The quantitative estimate of drug-likeness (QED) is 0.518. The standard InChI is InChI=1S/C17H10F3N3OS/c1-8-15(24-17(19)20)22-11-4-2-3-10(14(11)21-8)16-23-12-7-9(18)5-6-13(12)25-16/h2-7,17H,1H3. The van der Waals surface area contributed by atoms with Crippen LogP contribution in [-0.4, -0.2) is 21.6 Å². The fourth-order valence-electron chi connectivity index (χ4n) is 2.53. The molecule has 0 radical (unpaired) electrons. The Bertz CT molecular complexity index is 1100. The van der Waals surface area contributed by atoms with Gasteiger partial charge in [0.2, 0.25) is 5.88 Å². The first-order chi connectivity index (χ1) is 12.0. The zero-order valence-corrected chi connectivity index (χ0v) is 13.6. The van der Waals surface area contributed by atoms with E-state index in [-0.39, 0.29) is 17.4 Å². The topological polar surface area (TPSA) is 47.9 Å². The van der Waals surface area contributed by atoms with E-state index >= 15 is 0 Å². The molecule has 25 heavy (non-hydrogen) atoms. The summed E-state index contributed by atoms with van der Waals surface area (Å²) in [6.07, 6.45) is 0. The fraction of sp³-hybridized carbons (Fsp3) is 0.118. The van der Waals surface area contributed by atoms with E-state index in [0.29, 0.717) is 27.1 Å². The molecule has 4 nitrogen and oxygen atoms in total. The Hall–Kier alpha value is -2.74. The molecule has 0 aliphatic heterocycles. The number of aryl methyl sites for hydroxylation is 1. The van der Waals surface area contributed by atoms with E-state index in [1.54, 1.807) is 25.1 Å². The van der Waals surface area contributed by atoms with Gasteiger partial charge in [0.05, 0.1) is 21.3 Å². The van der Waals surface area contributed by atoms with Crippen molar-refractivity contribution in [3.63, 3.8) is 0 Å². The first-order valence-corrected chi connectivity index (χ1v) is 8.11. The molecule has 8 heteroatoms. The smallest absolute Gasteiger partial charge is 0.388 e. The van der Waals surface area contributed by atoms with Crippen LogP contribution in [0.15, 0.2) is 36.4 Å². The summed E-state index contributed by atoms with van der Waals surface area (Å²) in [4.78, 5) is 12.9. The van der Waals surface area contributed by atoms with E-state index < -0.39 is 6.61 Å². The van der Waals surface area contributed by atoms with Crippen LogP contribution in [0.3, 0.4) is 0 Å². The van der Waals surface area contributed by atoms with Crippen LogP contribution in [0.5, 0.6) is 5.88 Å². The first-order valence-electron chi connectivity index (χ1n) is 7.30. The molecular formula is C17H10F3N3OS. The van der Waals surface area contributed by atoms with Crippen LogP contribution in [-0.2, 0) is 0 Å². The van der Waals surface area contributed by atoms with Gasteiger partial charge in [-0.2, -0.15) is 8.78 Å². The highest BCUT2D eigenvalue weighted by atomic mass is 32.1. The van der Waals surface area contributed by atoms with Crippen molar-refractivity contribution in [1.29, 1.82) is 0 Å². The van der Waals surface area contributed by atoms with Gasteiger partial charge in [0, 0.05) is 11.6 Å².